The van der Waals surface area contributed by atoms with Gasteiger partial charge in [0.25, 0.3) is 0 Å². The predicted octanol–water partition coefficient (Wildman–Crippen LogP) is 6.21. The van der Waals surface area contributed by atoms with Crippen LogP contribution >= 0.6 is 0 Å². The zero-order valence-electron chi connectivity index (χ0n) is 19.6. The Hall–Kier alpha value is -3.20. The molecule has 5 atom stereocenters. The summed E-state index contributed by atoms with van der Waals surface area (Å²) in [5.74, 6) is -0.418. The number of imide groups is 1. The minimum Gasteiger partial charge on any atom is -0.274 e. The summed E-state index contributed by atoms with van der Waals surface area (Å²) in [7, 11) is 0. The Balaban J connectivity index is 1.55. The number of nitrogens with zero attached hydrogens (tertiary/aromatic N) is 1. The maximum atomic E-state index is 14.0. The van der Waals surface area contributed by atoms with Crippen molar-refractivity contribution in [2.45, 2.75) is 51.9 Å². The molecule has 0 radical (unpaired) electrons. The van der Waals surface area contributed by atoms with Crippen LogP contribution in [0.25, 0.3) is 0 Å². The van der Waals surface area contributed by atoms with E-state index in [-0.39, 0.29) is 35.5 Å². The van der Waals surface area contributed by atoms with E-state index in [2.05, 4.69) is 56.3 Å². The molecule has 3 aliphatic carbocycles. The molecule has 0 N–H and O–H groups in total. The fraction of sp³-hybridized carbons (Fsp3) is 0.333. The molecule has 1 heterocycles. The Morgan fingerprint density at radius 1 is 0.788 bits per heavy atom. The third-order valence-corrected chi connectivity index (χ3v) is 8.34. The minimum atomic E-state index is -0.335. The number of aryl methyl sites for hydroxylation is 2. The van der Waals surface area contributed by atoms with Gasteiger partial charge in [-0.15, -0.1) is 0 Å². The largest absolute Gasteiger partial charge is 0.274 e. The number of hydrogen-bond donors (Lipinski definition) is 0. The molecule has 0 saturated carbocycles. The van der Waals surface area contributed by atoms with E-state index >= 15 is 0 Å². The molecule has 1 saturated heterocycles. The molecule has 3 aromatic carbocycles. The number of carbonyl (C=O) groups is 2. The summed E-state index contributed by atoms with van der Waals surface area (Å²) in [5.41, 5.74) is 9.08. The van der Waals surface area contributed by atoms with Crippen LogP contribution in [0.2, 0.25) is 0 Å². The first kappa shape index (κ1) is 20.4. The van der Waals surface area contributed by atoms with Crippen molar-refractivity contribution in [3.05, 3.63) is 99.6 Å². The Bertz CT molecular complexity index is 1320. The number of hydrogen-bond acceptors (Lipinski definition) is 2. The summed E-state index contributed by atoms with van der Waals surface area (Å²) in [6.45, 7) is 8.49. The van der Waals surface area contributed by atoms with Gasteiger partial charge in [-0.3, -0.25) is 9.59 Å². The lowest BCUT2D eigenvalue weighted by molar-refractivity contribution is -0.122. The van der Waals surface area contributed by atoms with Crippen LogP contribution in [0, 0.1) is 25.7 Å². The van der Waals surface area contributed by atoms with Crippen LogP contribution in [0.15, 0.2) is 60.7 Å². The first-order chi connectivity index (χ1) is 15.9. The first-order valence-corrected chi connectivity index (χ1v) is 12.1. The van der Waals surface area contributed by atoms with Crippen molar-refractivity contribution in [1.82, 2.24) is 0 Å². The van der Waals surface area contributed by atoms with Crippen LogP contribution in [-0.2, 0) is 9.59 Å². The summed E-state index contributed by atoms with van der Waals surface area (Å²) in [6, 6.07) is 21.2. The van der Waals surface area contributed by atoms with Gasteiger partial charge >= 0.3 is 0 Å². The topological polar surface area (TPSA) is 37.4 Å². The summed E-state index contributed by atoms with van der Waals surface area (Å²) in [5, 5.41) is 0. The zero-order valence-corrected chi connectivity index (χ0v) is 19.6. The Kier molecular flexibility index (Phi) is 4.42. The van der Waals surface area contributed by atoms with E-state index in [0.717, 1.165) is 23.2 Å². The van der Waals surface area contributed by atoms with Gasteiger partial charge in [0, 0.05) is 11.8 Å². The van der Waals surface area contributed by atoms with E-state index in [0.29, 0.717) is 5.92 Å². The summed E-state index contributed by atoms with van der Waals surface area (Å²) in [6.07, 6.45) is 1.08. The highest BCUT2D eigenvalue weighted by molar-refractivity contribution is 6.23. The van der Waals surface area contributed by atoms with Gasteiger partial charge in [0.2, 0.25) is 11.8 Å². The molecule has 3 aromatic rings. The average molecular weight is 436 g/mol. The van der Waals surface area contributed by atoms with Crippen molar-refractivity contribution >= 4 is 17.5 Å². The molecule has 0 spiro atoms. The summed E-state index contributed by atoms with van der Waals surface area (Å²) < 4.78 is 0. The second-order valence-electron chi connectivity index (χ2n) is 10.1. The fourth-order valence-electron chi connectivity index (χ4n) is 6.58. The van der Waals surface area contributed by atoms with Crippen LogP contribution in [0.5, 0.6) is 0 Å². The number of carbonyl (C=O) groups excluding carboxylic acids is 2. The van der Waals surface area contributed by atoms with Crippen molar-refractivity contribution in [3.8, 4) is 0 Å². The number of rotatable bonds is 3. The van der Waals surface area contributed by atoms with Crippen molar-refractivity contribution < 1.29 is 9.59 Å². The summed E-state index contributed by atoms with van der Waals surface area (Å²) in [4.78, 5) is 29.4. The predicted molar refractivity (Wildman–Crippen MR) is 131 cm³/mol. The van der Waals surface area contributed by atoms with Gasteiger partial charge in [-0.1, -0.05) is 74.0 Å². The minimum absolute atomic E-state index is 0.0407. The van der Waals surface area contributed by atoms with Crippen LogP contribution in [-0.4, -0.2) is 11.8 Å². The molecule has 7 rings (SSSR count). The van der Waals surface area contributed by atoms with Crippen molar-refractivity contribution in [3.63, 3.8) is 0 Å². The van der Waals surface area contributed by atoms with E-state index in [1.165, 1.54) is 32.7 Å². The van der Waals surface area contributed by atoms with Gasteiger partial charge in [-0.2, -0.15) is 0 Å². The molecule has 33 heavy (non-hydrogen) atoms. The molecule has 0 unspecified atom stereocenters. The van der Waals surface area contributed by atoms with E-state index in [1.54, 1.807) is 0 Å². The Morgan fingerprint density at radius 2 is 1.39 bits per heavy atom. The smallest absolute Gasteiger partial charge is 0.238 e. The molecule has 166 valence electrons. The zero-order chi connectivity index (χ0) is 23.0. The molecule has 1 fully saturated rings. The molecule has 3 nitrogen and oxygen atoms in total. The highest BCUT2D eigenvalue weighted by Crippen LogP contribution is 2.61. The Morgan fingerprint density at radius 3 is 2.00 bits per heavy atom. The number of amides is 2. The maximum absolute atomic E-state index is 14.0. The lowest BCUT2D eigenvalue weighted by atomic mass is 9.54. The van der Waals surface area contributed by atoms with E-state index in [9.17, 15) is 9.59 Å². The lowest BCUT2D eigenvalue weighted by Gasteiger charge is -2.46. The molecule has 4 aliphatic rings. The molecule has 3 heteroatoms. The van der Waals surface area contributed by atoms with Gasteiger partial charge in [0.05, 0.1) is 17.5 Å². The molecule has 2 amide bonds. The second kappa shape index (κ2) is 7.15. The number of benzene rings is 3. The van der Waals surface area contributed by atoms with Gasteiger partial charge < -0.3 is 0 Å². The standard InChI is InChI=1S/C30H29NO2/c1-5-17(3)19-11-12-22-23(15-19)26-21-9-7-6-8-20(21)25(22)27-28(26)30(33)31(29(27)32)24-13-10-16(2)14-18(24)4/h6-15,17,25-28H,5H2,1-4H3/t17-,25-,26-,27-,28+/m0/s1. The van der Waals surface area contributed by atoms with Gasteiger partial charge in [-0.05, 0) is 65.6 Å². The molecule has 0 aromatic heterocycles. The number of anilines is 1. The third-order valence-electron chi connectivity index (χ3n) is 8.34. The third kappa shape index (κ3) is 2.68. The van der Waals surface area contributed by atoms with Gasteiger partial charge in [0.15, 0.2) is 0 Å². The molecular formula is C30H29NO2. The second-order valence-corrected chi connectivity index (χ2v) is 10.1. The van der Waals surface area contributed by atoms with Gasteiger partial charge in [0.1, 0.15) is 0 Å². The van der Waals surface area contributed by atoms with Crippen molar-refractivity contribution in [1.29, 1.82) is 0 Å². The monoisotopic (exact) mass is 435 g/mol. The average Bonchev–Trinajstić information content (AvgIpc) is 3.09. The normalized spacial score (nSPS) is 25.6. The van der Waals surface area contributed by atoms with Crippen LogP contribution < -0.4 is 4.90 Å². The summed E-state index contributed by atoms with van der Waals surface area (Å²) >= 11 is 0. The van der Waals surface area contributed by atoms with E-state index in [4.69, 9.17) is 0 Å². The van der Waals surface area contributed by atoms with Crippen LogP contribution in [0.1, 0.15) is 77.0 Å². The van der Waals surface area contributed by atoms with Crippen LogP contribution in [0.3, 0.4) is 0 Å². The highest BCUT2D eigenvalue weighted by Gasteiger charge is 2.62. The van der Waals surface area contributed by atoms with Crippen LogP contribution in [0.4, 0.5) is 5.69 Å². The fourth-order valence-corrected chi connectivity index (χ4v) is 6.58. The first-order valence-electron chi connectivity index (χ1n) is 12.1. The maximum Gasteiger partial charge on any atom is 0.238 e. The lowest BCUT2D eigenvalue weighted by Crippen LogP contribution is -2.41. The molecule has 2 bridgehead atoms. The van der Waals surface area contributed by atoms with Gasteiger partial charge in [-0.25, -0.2) is 4.90 Å². The van der Waals surface area contributed by atoms with E-state index in [1.807, 2.05) is 32.0 Å². The molecule has 1 aliphatic heterocycles. The quantitative estimate of drug-likeness (QED) is 0.459. The highest BCUT2D eigenvalue weighted by atomic mass is 16.2. The van der Waals surface area contributed by atoms with Crippen molar-refractivity contribution in [2.75, 3.05) is 4.90 Å². The van der Waals surface area contributed by atoms with Crippen molar-refractivity contribution in [2.24, 2.45) is 11.8 Å². The van der Waals surface area contributed by atoms with E-state index < -0.39 is 0 Å². The SMILES string of the molecule is CC[C@H](C)c1ccc2c(c1)[C@@H]1c3ccccc3[C@@H]2[C@@H]2C(=O)N(c3ccc(C)cc3C)C(=O)[C@H]12. The molecular weight excluding hydrogens is 406 g/mol. The Labute approximate surface area is 195 Å².